The van der Waals surface area contributed by atoms with Crippen molar-refractivity contribution in [3.05, 3.63) is 23.8 Å². The van der Waals surface area contributed by atoms with Crippen molar-refractivity contribution in [2.24, 2.45) is 0 Å². The molecule has 0 atom stereocenters. The van der Waals surface area contributed by atoms with Gasteiger partial charge in [-0.2, -0.15) is 0 Å². The molecular formula is C12H18N2O2S. The van der Waals surface area contributed by atoms with Crippen LogP contribution in [0.3, 0.4) is 0 Å². The molecule has 0 saturated carbocycles. The summed E-state index contributed by atoms with van der Waals surface area (Å²) in [6.45, 7) is 3.85. The van der Waals surface area contributed by atoms with Crippen LogP contribution in [0.1, 0.15) is 18.4 Å². The molecule has 0 aromatic heterocycles. The van der Waals surface area contributed by atoms with E-state index >= 15 is 0 Å². The van der Waals surface area contributed by atoms with E-state index in [0.29, 0.717) is 4.90 Å². The van der Waals surface area contributed by atoms with E-state index < -0.39 is 10.0 Å². The van der Waals surface area contributed by atoms with Crippen molar-refractivity contribution in [1.82, 2.24) is 4.72 Å². The second kappa shape index (κ2) is 4.66. The lowest BCUT2D eigenvalue weighted by Crippen LogP contribution is -2.22. The van der Waals surface area contributed by atoms with Crippen LogP contribution in [0.5, 0.6) is 0 Å². The van der Waals surface area contributed by atoms with Crippen LogP contribution in [0.2, 0.25) is 0 Å². The zero-order valence-electron chi connectivity index (χ0n) is 10.2. The molecule has 94 valence electrons. The minimum atomic E-state index is -3.36. The van der Waals surface area contributed by atoms with Gasteiger partial charge in [-0.15, -0.1) is 0 Å². The Labute approximate surface area is 103 Å². The average molecular weight is 254 g/mol. The van der Waals surface area contributed by atoms with Gasteiger partial charge < -0.3 is 4.90 Å². The van der Waals surface area contributed by atoms with Crippen LogP contribution in [0.15, 0.2) is 23.1 Å². The first kappa shape index (κ1) is 12.4. The van der Waals surface area contributed by atoms with Crippen LogP contribution in [-0.4, -0.2) is 28.6 Å². The van der Waals surface area contributed by atoms with Crippen LogP contribution in [0.4, 0.5) is 5.69 Å². The molecule has 1 aromatic rings. The first-order chi connectivity index (χ1) is 8.04. The lowest BCUT2D eigenvalue weighted by molar-refractivity contribution is 0.587. The maximum Gasteiger partial charge on any atom is 0.240 e. The van der Waals surface area contributed by atoms with Gasteiger partial charge in [0.1, 0.15) is 0 Å². The first-order valence-corrected chi connectivity index (χ1v) is 7.32. The molecule has 0 radical (unpaired) electrons. The molecule has 1 fully saturated rings. The standard InChI is InChI=1S/C12H18N2O2S/c1-10-5-6-11(14-7-3-4-8-14)9-12(10)17(15,16)13-2/h5-6,9,13H,3-4,7-8H2,1-2H3. The second-order valence-corrected chi connectivity index (χ2v) is 6.21. The Balaban J connectivity index is 2.42. The third-order valence-electron chi connectivity index (χ3n) is 3.20. The van der Waals surface area contributed by atoms with E-state index in [-0.39, 0.29) is 0 Å². The van der Waals surface area contributed by atoms with E-state index in [1.165, 1.54) is 19.9 Å². The van der Waals surface area contributed by atoms with Crippen LogP contribution in [0.25, 0.3) is 0 Å². The van der Waals surface area contributed by atoms with E-state index in [1.54, 1.807) is 6.07 Å². The summed E-state index contributed by atoms with van der Waals surface area (Å²) in [4.78, 5) is 2.61. The summed E-state index contributed by atoms with van der Waals surface area (Å²) < 4.78 is 26.1. The molecule has 0 amide bonds. The highest BCUT2D eigenvalue weighted by molar-refractivity contribution is 7.89. The molecule has 4 nitrogen and oxygen atoms in total. The predicted molar refractivity (Wildman–Crippen MR) is 68.9 cm³/mol. The van der Waals surface area contributed by atoms with E-state index in [0.717, 1.165) is 24.3 Å². The number of hydrogen-bond donors (Lipinski definition) is 1. The lowest BCUT2D eigenvalue weighted by Gasteiger charge is -2.19. The Bertz CT molecular complexity index is 505. The third kappa shape index (κ3) is 2.45. The summed E-state index contributed by atoms with van der Waals surface area (Å²) in [5, 5.41) is 0. The molecule has 2 rings (SSSR count). The van der Waals surface area contributed by atoms with Gasteiger partial charge in [-0.3, -0.25) is 0 Å². The quantitative estimate of drug-likeness (QED) is 0.889. The molecule has 0 aliphatic carbocycles. The summed E-state index contributed by atoms with van der Waals surface area (Å²) in [5.41, 5.74) is 1.78. The van der Waals surface area contributed by atoms with E-state index in [9.17, 15) is 8.42 Å². The normalized spacial score (nSPS) is 16.5. The number of rotatable bonds is 3. The first-order valence-electron chi connectivity index (χ1n) is 5.84. The highest BCUT2D eigenvalue weighted by atomic mass is 32.2. The number of nitrogens with one attached hydrogen (secondary N) is 1. The monoisotopic (exact) mass is 254 g/mol. The Hall–Kier alpha value is -1.07. The number of anilines is 1. The fourth-order valence-electron chi connectivity index (χ4n) is 2.16. The van der Waals surface area contributed by atoms with Crippen LogP contribution in [-0.2, 0) is 10.0 Å². The van der Waals surface area contributed by atoms with Gasteiger partial charge >= 0.3 is 0 Å². The van der Waals surface area contributed by atoms with E-state index in [2.05, 4.69) is 9.62 Å². The van der Waals surface area contributed by atoms with Gasteiger partial charge in [0.25, 0.3) is 0 Å². The Morgan fingerprint density at radius 3 is 2.47 bits per heavy atom. The van der Waals surface area contributed by atoms with Crippen molar-refractivity contribution < 1.29 is 8.42 Å². The van der Waals surface area contributed by atoms with Crippen LogP contribution in [0, 0.1) is 6.92 Å². The van der Waals surface area contributed by atoms with Crippen molar-refractivity contribution in [3.8, 4) is 0 Å². The molecule has 17 heavy (non-hydrogen) atoms. The molecule has 1 N–H and O–H groups in total. The zero-order chi connectivity index (χ0) is 12.5. The number of sulfonamides is 1. The van der Waals surface area contributed by atoms with Crippen molar-refractivity contribution in [3.63, 3.8) is 0 Å². The van der Waals surface area contributed by atoms with Gasteiger partial charge in [0.05, 0.1) is 4.90 Å². The summed E-state index contributed by atoms with van der Waals surface area (Å²) in [7, 11) is -1.92. The summed E-state index contributed by atoms with van der Waals surface area (Å²) >= 11 is 0. The van der Waals surface area contributed by atoms with E-state index in [1.807, 2.05) is 19.1 Å². The molecule has 0 unspecified atom stereocenters. The average Bonchev–Trinajstić information content (AvgIpc) is 2.83. The third-order valence-corrected chi connectivity index (χ3v) is 4.76. The summed E-state index contributed by atoms with van der Waals surface area (Å²) in [5.74, 6) is 0. The minimum absolute atomic E-state index is 0.379. The molecule has 1 aliphatic heterocycles. The molecule has 0 bridgehead atoms. The van der Waals surface area contributed by atoms with Gasteiger partial charge in [-0.1, -0.05) is 6.07 Å². The SMILES string of the molecule is CNS(=O)(=O)c1cc(N2CCCC2)ccc1C. The molecule has 1 aromatic carbocycles. The molecule has 1 aliphatic rings. The van der Waals surface area contributed by atoms with E-state index in [4.69, 9.17) is 0 Å². The smallest absolute Gasteiger partial charge is 0.240 e. The molecule has 5 heteroatoms. The molecule has 1 saturated heterocycles. The number of hydrogen-bond acceptors (Lipinski definition) is 3. The molecule has 0 spiro atoms. The Morgan fingerprint density at radius 2 is 1.88 bits per heavy atom. The van der Waals surface area contributed by atoms with Crippen molar-refractivity contribution >= 4 is 15.7 Å². The summed E-state index contributed by atoms with van der Waals surface area (Å²) in [6.07, 6.45) is 2.37. The van der Waals surface area contributed by atoms with Gasteiger partial charge in [0.15, 0.2) is 0 Å². The topological polar surface area (TPSA) is 49.4 Å². The van der Waals surface area contributed by atoms with Crippen LogP contribution >= 0.6 is 0 Å². The maximum absolute atomic E-state index is 11.9. The van der Waals surface area contributed by atoms with Gasteiger partial charge in [-0.25, -0.2) is 13.1 Å². The highest BCUT2D eigenvalue weighted by Crippen LogP contribution is 2.25. The zero-order valence-corrected chi connectivity index (χ0v) is 11.0. The van der Waals surface area contributed by atoms with Gasteiger partial charge in [-0.05, 0) is 44.5 Å². The van der Waals surface area contributed by atoms with Gasteiger partial charge in [0.2, 0.25) is 10.0 Å². The second-order valence-electron chi connectivity index (χ2n) is 4.35. The highest BCUT2D eigenvalue weighted by Gasteiger charge is 2.18. The fraction of sp³-hybridized carbons (Fsp3) is 0.500. The number of nitrogens with zero attached hydrogens (tertiary/aromatic N) is 1. The van der Waals surface area contributed by atoms with Crippen LogP contribution < -0.4 is 9.62 Å². The number of aryl methyl sites for hydroxylation is 1. The van der Waals surface area contributed by atoms with Crippen molar-refractivity contribution in [2.75, 3.05) is 25.0 Å². The maximum atomic E-state index is 11.9. The van der Waals surface area contributed by atoms with Crippen molar-refractivity contribution in [2.45, 2.75) is 24.7 Å². The Morgan fingerprint density at radius 1 is 1.24 bits per heavy atom. The largest absolute Gasteiger partial charge is 0.371 e. The van der Waals surface area contributed by atoms with Crippen molar-refractivity contribution in [1.29, 1.82) is 0 Å². The molecule has 1 heterocycles. The number of benzene rings is 1. The lowest BCUT2D eigenvalue weighted by atomic mass is 10.2. The molecular weight excluding hydrogens is 236 g/mol. The predicted octanol–water partition coefficient (Wildman–Crippen LogP) is 1.50. The fourth-order valence-corrected chi connectivity index (χ4v) is 3.15. The Kier molecular flexibility index (Phi) is 3.40. The van der Waals surface area contributed by atoms with Gasteiger partial charge in [0, 0.05) is 18.8 Å². The summed E-state index contributed by atoms with van der Waals surface area (Å²) in [6, 6.07) is 5.64. The minimum Gasteiger partial charge on any atom is -0.371 e.